The molecule has 1 fully saturated rings. The lowest BCUT2D eigenvalue weighted by Crippen LogP contribution is -2.29. The number of carbonyl (C=O) groups is 1. The highest BCUT2D eigenvalue weighted by molar-refractivity contribution is 5.59. The van der Waals surface area contributed by atoms with E-state index in [1.54, 1.807) is 0 Å². The molecule has 1 aliphatic heterocycles. The Morgan fingerprint density at radius 3 is 3.00 bits per heavy atom. The summed E-state index contributed by atoms with van der Waals surface area (Å²) in [5.74, 6) is 0.132. The highest BCUT2D eigenvalue weighted by atomic mass is 16.8. The third-order valence-electron chi connectivity index (χ3n) is 3.20. The molecule has 0 spiro atoms. The number of nitrogens with two attached hydrogens (primary N) is 1. The first-order valence-electron chi connectivity index (χ1n) is 7.51. The molecule has 0 radical (unpaired) electrons. The number of hydrogen-bond donors (Lipinski definition) is 1. The van der Waals surface area contributed by atoms with E-state index in [1.807, 2.05) is 19.0 Å². The van der Waals surface area contributed by atoms with Gasteiger partial charge in [-0.1, -0.05) is 0 Å². The number of nitrogen functional groups attached to an aromatic ring is 1. The number of ether oxygens (including phenoxy) is 4. The van der Waals surface area contributed by atoms with Crippen molar-refractivity contribution in [1.29, 1.82) is 0 Å². The summed E-state index contributed by atoms with van der Waals surface area (Å²) >= 11 is 0. The van der Waals surface area contributed by atoms with E-state index >= 15 is 0 Å². The van der Waals surface area contributed by atoms with Gasteiger partial charge in [0.25, 0.3) is 0 Å². The number of anilines is 1. The zero-order valence-corrected chi connectivity index (χ0v) is 13.7. The molecule has 10 heteroatoms. The minimum Gasteiger partial charge on any atom is -0.434 e. The average molecular weight is 342 g/mol. The van der Waals surface area contributed by atoms with Crippen LogP contribution < -0.4 is 11.4 Å². The van der Waals surface area contributed by atoms with Gasteiger partial charge in [-0.25, -0.2) is 9.59 Å². The van der Waals surface area contributed by atoms with Gasteiger partial charge in [0.2, 0.25) is 0 Å². The number of rotatable bonds is 7. The van der Waals surface area contributed by atoms with Gasteiger partial charge < -0.3 is 29.6 Å². The number of carbonyl (C=O) groups excluding carboxylic acids is 1. The molecule has 134 valence electrons. The van der Waals surface area contributed by atoms with E-state index in [1.165, 1.54) is 16.8 Å². The van der Waals surface area contributed by atoms with Gasteiger partial charge in [0.1, 0.15) is 12.4 Å². The van der Waals surface area contributed by atoms with Crippen LogP contribution in [0.5, 0.6) is 0 Å². The maximum atomic E-state index is 11.7. The predicted molar refractivity (Wildman–Crippen MR) is 83.2 cm³/mol. The van der Waals surface area contributed by atoms with Crippen molar-refractivity contribution in [3.8, 4) is 0 Å². The zero-order chi connectivity index (χ0) is 17.5. The molecule has 24 heavy (non-hydrogen) atoms. The lowest BCUT2D eigenvalue weighted by Gasteiger charge is -2.13. The first-order valence-corrected chi connectivity index (χ1v) is 7.51. The average Bonchev–Trinajstić information content (AvgIpc) is 2.98. The van der Waals surface area contributed by atoms with Crippen molar-refractivity contribution in [3.63, 3.8) is 0 Å². The van der Waals surface area contributed by atoms with Crippen LogP contribution >= 0.6 is 0 Å². The van der Waals surface area contributed by atoms with Gasteiger partial charge in [0.15, 0.2) is 12.5 Å². The first-order chi connectivity index (χ1) is 11.5. The molecule has 0 aromatic carbocycles. The van der Waals surface area contributed by atoms with E-state index in [0.29, 0.717) is 6.42 Å². The van der Waals surface area contributed by atoms with Crippen LogP contribution in [0.1, 0.15) is 12.6 Å². The lowest BCUT2D eigenvalue weighted by molar-refractivity contribution is -0.108. The normalized spacial score (nSPS) is 20.3. The summed E-state index contributed by atoms with van der Waals surface area (Å²) in [5.41, 5.74) is 4.89. The Hall–Kier alpha value is -2.17. The summed E-state index contributed by atoms with van der Waals surface area (Å²) in [5, 5.41) is 0. The van der Waals surface area contributed by atoms with Crippen molar-refractivity contribution in [2.75, 3.05) is 46.2 Å². The standard InChI is InChI=1S/C14H22N4O6/c1-17(2)5-3-7-21-14(20)23-9-12-22-8-11(24-12)18-6-4-10(15)16-13(18)19/h4,6,11-12H,3,5,7-9H2,1-2H3,(H2,15,16,19). The third-order valence-corrected chi connectivity index (χ3v) is 3.20. The molecule has 2 rings (SSSR count). The molecule has 2 unspecified atom stereocenters. The van der Waals surface area contributed by atoms with Crippen LogP contribution in [0.4, 0.5) is 10.6 Å². The van der Waals surface area contributed by atoms with E-state index in [0.717, 1.165) is 6.54 Å². The van der Waals surface area contributed by atoms with E-state index < -0.39 is 24.4 Å². The summed E-state index contributed by atoms with van der Waals surface area (Å²) in [6.45, 7) is 1.10. The molecule has 2 N–H and O–H groups in total. The van der Waals surface area contributed by atoms with Crippen molar-refractivity contribution < 1.29 is 23.7 Å². The van der Waals surface area contributed by atoms with Crippen LogP contribution in [0.2, 0.25) is 0 Å². The Balaban J connectivity index is 1.70. The van der Waals surface area contributed by atoms with Gasteiger partial charge in [-0.3, -0.25) is 4.57 Å². The van der Waals surface area contributed by atoms with Gasteiger partial charge in [-0.2, -0.15) is 4.98 Å². The lowest BCUT2D eigenvalue weighted by atomic mass is 10.4. The van der Waals surface area contributed by atoms with Gasteiger partial charge in [0.05, 0.1) is 13.2 Å². The molecule has 10 nitrogen and oxygen atoms in total. The fraction of sp³-hybridized carbons (Fsp3) is 0.643. The molecule has 0 amide bonds. The van der Waals surface area contributed by atoms with Crippen molar-refractivity contribution in [1.82, 2.24) is 14.5 Å². The third kappa shape index (κ3) is 5.48. The van der Waals surface area contributed by atoms with E-state index in [4.69, 9.17) is 24.7 Å². The second-order valence-corrected chi connectivity index (χ2v) is 5.46. The minimum absolute atomic E-state index is 0.125. The molecule has 1 aromatic heterocycles. The predicted octanol–water partition coefficient (Wildman–Crippen LogP) is -0.198. The fourth-order valence-corrected chi connectivity index (χ4v) is 2.04. The Morgan fingerprint density at radius 2 is 2.29 bits per heavy atom. The van der Waals surface area contributed by atoms with Crippen molar-refractivity contribution in [3.05, 3.63) is 22.7 Å². The molecule has 0 aliphatic carbocycles. The molecule has 1 aromatic rings. The SMILES string of the molecule is CN(C)CCCOC(=O)OCC1OCC(n2ccc(N)nc2=O)O1. The van der Waals surface area contributed by atoms with Crippen LogP contribution in [0.15, 0.2) is 17.1 Å². The Kier molecular flexibility index (Phi) is 6.53. The largest absolute Gasteiger partial charge is 0.508 e. The molecular weight excluding hydrogens is 320 g/mol. The highest BCUT2D eigenvalue weighted by Crippen LogP contribution is 2.19. The zero-order valence-electron chi connectivity index (χ0n) is 13.7. The molecule has 0 saturated carbocycles. The maximum absolute atomic E-state index is 11.7. The second-order valence-electron chi connectivity index (χ2n) is 5.46. The van der Waals surface area contributed by atoms with Crippen molar-refractivity contribution in [2.45, 2.75) is 18.9 Å². The molecular formula is C14H22N4O6. The number of nitrogens with zero attached hydrogens (tertiary/aromatic N) is 3. The van der Waals surface area contributed by atoms with Crippen LogP contribution in [0, 0.1) is 0 Å². The van der Waals surface area contributed by atoms with Gasteiger partial charge in [-0.05, 0) is 26.6 Å². The molecule has 2 heterocycles. The van der Waals surface area contributed by atoms with E-state index in [2.05, 4.69) is 4.98 Å². The van der Waals surface area contributed by atoms with Crippen LogP contribution in [-0.2, 0) is 18.9 Å². The fourth-order valence-electron chi connectivity index (χ4n) is 2.04. The quantitative estimate of drug-likeness (QED) is 0.531. The Morgan fingerprint density at radius 1 is 1.50 bits per heavy atom. The monoisotopic (exact) mass is 342 g/mol. The summed E-state index contributed by atoms with van der Waals surface area (Å²) in [4.78, 5) is 28.8. The summed E-state index contributed by atoms with van der Waals surface area (Å²) in [7, 11) is 3.87. The van der Waals surface area contributed by atoms with Gasteiger partial charge >= 0.3 is 11.8 Å². The smallest absolute Gasteiger partial charge is 0.434 e. The Bertz CT molecular complexity index is 605. The highest BCUT2D eigenvalue weighted by Gasteiger charge is 2.29. The van der Waals surface area contributed by atoms with Crippen LogP contribution in [0.25, 0.3) is 0 Å². The minimum atomic E-state index is -0.782. The first kappa shape index (κ1) is 18.2. The van der Waals surface area contributed by atoms with E-state index in [-0.39, 0.29) is 25.6 Å². The summed E-state index contributed by atoms with van der Waals surface area (Å²) in [6, 6.07) is 1.49. The van der Waals surface area contributed by atoms with Crippen molar-refractivity contribution >= 4 is 12.0 Å². The summed E-state index contributed by atoms with van der Waals surface area (Å²) < 4.78 is 21.9. The van der Waals surface area contributed by atoms with Crippen molar-refractivity contribution in [2.24, 2.45) is 0 Å². The van der Waals surface area contributed by atoms with Gasteiger partial charge in [-0.15, -0.1) is 0 Å². The number of aromatic nitrogens is 2. The van der Waals surface area contributed by atoms with Gasteiger partial charge in [0, 0.05) is 12.7 Å². The topological polar surface area (TPSA) is 118 Å². The van der Waals surface area contributed by atoms with Crippen LogP contribution in [-0.4, -0.2) is 67.4 Å². The molecule has 1 aliphatic rings. The molecule has 1 saturated heterocycles. The molecule has 0 bridgehead atoms. The van der Waals surface area contributed by atoms with E-state index in [9.17, 15) is 9.59 Å². The Labute approximate surface area is 139 Å². The molecule has 2 atom stereocenters. The summed E-state index contributed by atoms with van der Waals surface area (Å²) in [6.07, 6.45) is -0.00553. The van der Waals surface area contributed by atoms with Crippen LogP contribution in [0.3, 0.4) is 0 Å². The second kappa shape index (κ2) is 8.62. The maximum Gasteiger partial charge on any atom is 0.508 e. The number of hydrogen-bond acceptors (Lipinski definition) is 9.